The highest BCUT2D eigenvalue weighted by Gasteiger charge is 2.46. The smallest absolute Gasteiger partial charge is 0.240 e. The van der Waals surface area contributed by atoms with E-state index in [0.717, 1.165) is 12.1 Å². The first-order valence-corrected chi connectivity index (χ1v) is 9.58. The summed E-state index contributed by atoms with van der Waals surface area (Å²) in [5, 5.41) is 4.03. The van der Waals surface area contributed by atoms with E-state index < -0.39 is 5.54 Å². The van der Waals surface area contributed by atoms with Gasteiger partial charge in [0.05, 0.1) is 0 Å². The van der Waals surface area contributed by atoms with E-state index in [1.807, 2.05) is 55.4 Å². The Morgan fingerprint density at radius 1 is 1.23 bits per heavy atom. The summed E-state index contributed by atoms with van der Waals surface area (Å²) in [5.41, 5.74) is 2.45. The molecule has 0 aromatic carbocycles. The summed E-state index contributed by atoms with van der Waals surface area (Å²) in [4.78, 5) is 37.9. The van der Waals surface area contributed by atoms with Crippen LogP contribution in [0.5, 0.6) is 0 Å². The molecule has 0 aromatic heterocycles. The second-order valence-corrected chi connectivity index (χ2v) is 8.24. The number of rotatable bonds is 7. The monoisotopic (exact) mass is 367 g/mol. The van der Waals surface area contributed by atoms with Crippen molar-refractivity contribution < 1.29 is 14.4 Å². The van der Waals surface area contributed by atoms with Crippen LogP contribution < -0.4 is 5.43 Å². The fraction of sp³-hybridized carbons (Fsp3) is 0.800. The summed E-state index contributed by atoms with van der Waals surface area (Å²) in [5.74, 6) is -0.653. The van der Waals surface area contributed by atoms with E-state index in [1.54, 1.807) is 6.92 Å². The van der Waals surface area contributed by atoms with Crippen LogP contribution in [-0.2, 0) is 14.4 Å². The number of carbonyl (C=O) groups excluding carboxylic acids is 3. The minimum absolute atomic E-state index is 0.117. The lowest BCUT2D eigenvalue weighted by Crippen LogP contribution is -2.50. The Morgan fingerprint density at radius 3 is 2.19 bits per heavy atom. The largest absolute Gasteiger partial charge is 0.277 e. The van der Waals surface area contributed by atoms with Crippen molar-refractivity contribution in [2.75, 3.05) is 0 Å². The van der Waals surface area contributed by atoms with Crippen LogP contribution in [-0.4, -0.2) is 33.9 Å². The van der Waals surface area contributed by atoms with E-state index >= 15 is 0 Å². The molecule has 1 heterocycles. The van der Waals surface area contributed by atoms with Crippen LogP contribution in [0, 0.1) is 11.3 Å². The summed E-state index contributed by atoms with van der Waals surface area (Å²) in [6, 6.07) is 0. The maximum absolute atomic E-state index is 12.3. The average molecular weight is 368 g/mol. The zero-order valence-corrected chi connectivity index (χ0v) is 18.0. The van der Waals surface area contributed by atoms with Crippen LogP contribution in [0.15, 0.2) is 5.10 Å². The second kappa shape index (κ2) is 9.83. The highest BCUT2D eigenvalue weighted by molar-refractivity contribution is 6.04. The van der Waals surface area contributed by atoms with Gasteiger partial charge in [0.1, 0.15) is 0 Å². The van der Waals surface area contributed by atoms with Crippen molar-refractivity contribution in [3.63, 3.8) is 0 Å². The van der Waals surface area contributed by atoms with Crippen LogP contribution in [0.4, 0.5) is 0 Å². The Kier molecular flexibility index (Phi) is 9.18. The molecule has 1 N–H and O–H groups in total. The molecular weight excluding hydrogens is 330 g/mol. The first-order chi connectivity index (χ1) is 11.9. The standard InChI is InChI=1S/C18H31N3O3.C2H6/c1-8-13(3)19-20-14(22)10-17(4,5)11-18(6,7)21-15(23)9-12(2)16(21)24;1-2/h12H,8-11H2,1-7H3,(H,20,22);1-2H3/b19-13-;. The van der Waals surface area contributed by atoms with E-state index in [2.05, 4.69) is 10.5 Å². The fourth-order valence-electron chi connectivity index (χ4n) is 3.44. The molecule has 0 aromatic rings. The Bertz CT molecular complexity index is 551. The molecule has 1 aliphatic heterocycles. The lowest BCUT2D eigenvalue weighted by atomic mass is 9.77. The number of imide groups is 1. The second-order valence-electron chi connectivity index (χ2n) is 8.24. The predicted octanol–water partition coefficient (Wildman–Crippen LogP) is 3.89. The molecule has 6 heteroatoms. The first kappa shape index (κ1) is 24.3. The van der Waals surface area contributed by atoms with Crippen LogP contribution in [0.25, 0.3) is 0 Å². The van der Waals surface area contributed by atoms with Gasteiger partial charge in [-0.15, -0.1) is 0 Å². The molecule has 1 unspecified atom stereocenters. The number of nitrogens with one attached hydrogen (secondary N) is 1. The van der Waals surface area contributed by atoms with E-state index in [0.29, 0.717) is 6.42 Å². The lowest BCUT2D eigenvalue weighted by molar-refractivity contribution is -0.146. The first-order valence-electron chi connectivity index (χ1n) is 9.58. The normalized spacial score (nSPS) is 18.6. The molecule has 0 saturated carbocycles. The molecule has 0 radical (unpaired) electrons. The number of hydrazone groups is 1. The third-order valence-electron chi connectivity index (χ3n) is 4.41. The highest BCUT2D eigenvalue weighted by Crippen LogP contribution is 2.37. The summed E-state index contributed by atoms with van der Waals surface area (Å²) < 4.78 is 0. The molecule has 26 heavy (non-hydrogen) atoms. The Hall–Kier alpha value is -1.72. The Labute approximate surface area is 158 Å². The van der Waals surface area contributed by atoms with Crippen LogP contribution >= 0.6 is 0 Å². The predicted molar refractivity (Wildman–Crippen MR) is 106 cm³/mol. The maximum Gasteiger partial charge on any atom is 0.240 e. The molecule has 1 rings (SSSR count). The fourth-order valence-corrected chi connectivity index (χ4v) is 3.44. The van der Waals surface area contributed by atoms with Gasteiger partial charge in [0.2, 0.25) is 17.7 Å². The number of amides is 3. The van der Waals surface area contributed by atoms with Crippen LogP contribution in [0.3, 0.4) is 0 Å². The van der Waals surface area contributed by atoms with Crippen molar-refractivity contribution in [3.8, 4) is 0 Å². The van der Waals surface area contributed by atoms with Gasteiger partial charge in [0.25, 0.3) is 0 Å². The number of carbonyl (C=O) groups is 3. The SMILES string of the molecule is CC.CC/C(C)=N\NC(=O)CC(C)(C)CC(C)(C)N1C(=O)CC(C)C1=O. The van der Waals surface area contributed by atoms with Gasteiger partial charge in [-0.25, -0.2) is 5.43 Å². The van der Waals surface area contributed by atoms with Gasteiger partial charge < -0.3 is 0 Å². The summed E-state index contributed by atoms with van der Waals surface area (Å²) >= 11 is 0. The molecule has 1 saturated heterocycles. The maximum atomic E-state index is 12.3. The molecule has 1 fully saturated rings. The number of nitrogens with zero attached hydrogens (tertiary/aromatic N) is 2. The van der Waals surface area contributed by atoms with Gasteiger partial charge in [-0.2, -0.15) is 5.10 Å². The van der Waals surface area contributed by atoms with Crippen molar-refractivity contribution in [1.82, 2.24) is 10.3 Å². The molecule has 1 aliphatic rings. The van der Waals surface area contributed by atoms with Gasteiger partial charge >= 0.3 is 0 Å². The lowest BCUT2D eigenvalue weighted by Gasteiger charge is -2.40. The van der Waals surface area contributed by atoms with Gasteiger partial charge in [0.15, 0.2) is 0 Å². The molecule has 6 nitrogen and oxygen atoms in total. The highest BCUT2D eigenvalue weighted by atomic mass is 16.2. The van der Waals surface area contributed by atoms with Crippen molar-refractivity contribution in [2.45, 2.75) is 93.5 Å². The molecule has 0 spiro atoms. The summed E-state index contributed by atoms with van der Waals surface area (Å²) in [6.45, 7) is 17.3. The molecule has 3 amide bonds. The van der Waals surface area contributed by atoms with Gasteiger partial charge in [-0.05, 0) is 39.0 Å². The van der Waals surface area contributed by atoms with Crippen molar-refractivity contribution in [2.24, 2.45) is 16.4 Å². The summed E-state index contributed by atoms with van der Waals surface area (Å²) in [7, 11) is 0. The van der Waals surface area contributed by atoms with Crippen molar-refractivity contribution >= 4 is 23.4 Å². The minimum atomic E-state index is -0.620. The molecular formula is C20H37N3O3. The van der Waals surface area contributed by atoms with E-state index in [4.69, 9.17) is 0 Å². The van der Waals surface area contributed by atoms with Gasteiger partial charge in [0, 0.05) is 30.0 Å². The van der Waals surface area contributed by atoms with E-state index in [1.165, 1.54) is 4.90 Å². The minimum Gasteiger partial charge on any atom is -0.277 e. The van der Waals surface area contributed by atoms with E-state index in [-0.39, 0.29) is 41.9 Å². The summed E-state index contributed by atoms with van der Waals surface area (Å²) in [6.07, 6.45) is 1.89. The molecule has 1 atom stereocenters. The Balaban J connectivity index is 0.00000301. The molecule has 150 valence electrons. The number of hydrogen-bond acceptors (Lipinski definition) is 4. The topological polar surface area (TPSA) is 78.8 Å². The van der Waals surface area contributed by atoms with E-state index in [9.17, 15) is 14.4 Å². The van der Waals surface area contributed by atoms with Gasteiger partial charge in [-0.3, -0.25) is 19.3 Å². The van der Waals surface area contributed by atoms with Crippen LogP contribution in [0.2, 0.25) is 0 Å². The van der Waals surface area contributed by atoms with Crippen molar-refractivity contribution in [3.05, 3.63) is 0 Å². The Morgan fingerprint density at radius 2 is 1.77 bits per heavy atom. The average Bonchev–Trinajstić information content (AvgIpc) is 2.78. The third kappa shape index (κ3) is 6.89. The number of hydrogen-bond donors (Lipinski definition) is 1. The van der Waals surface area contributed by atoms with Crippen molar-refractivity contribution in [1.29, 1.82) is 0 Å². The van der Waals surface area contributed by atoms with Crippen LogP contribution in [0.1, 0.15) is 88.0 Å². The molecule has 0 bridgehead atoms. The molecule has 0 aliphatic carbocycles. The zero-order chi connectivity index (χ0) is 20.7. The third-order valence-corrected chi connectivity index (χ3v) is 4.41. The quantitative estimate of drug-likeness (QED) is 0.421. The zero-order valence-electron chi connectivity index (χ0n) is 18.0. The number of likely N-dealkylation sites (tertiary alicyclic amines) is 1. The van der Waals surface area contributed by atoms with Gasteiger partial charge in [-0.1, -0.05) is 41.5 Å².